The Labute approximate surface area is 337 Å². The number of aromatic nitrogens is 4. The van der Waals surface area contributed by atoms with Crippen LogP contribution < -0.4 is 0 Å². The Morgan fingerprint density at radius 2 is 0.828 bits per heavy atom. The molecule has 1 aliphatic carbocycles. The third-order valence-electron chi connectivity index (χ3n) is 11.9. The molecule has 2 aromatic heterocycles. The van der Waals surface area contributed by atoms with E-state index in [0.717, 1.165) is 33.4 Å². The number of rotatable bonds is 6. The van der Waals surface area contributed by atoms with Crippen molar-refractivity contribution in [2.75, 3.05) is 0 Å². The summed E-state index contributed by atoms with van der Waals surface area (Å²) in [6, 6.07) is 69.0. The van der Waals surface area contributed by atoms with Gasteiger partial charge in [0.25, 0.3) is 0 Å². The predicted octanol–water partition coefficient (Wildman–Crippen LogP) is 13.6. The average Bonchev–Trinajstić information content (AvgIpc) is 3.75. The second kappa shape index (κ2) is 13.4. The maximum Gasteiger partial charge on any atom is 0.164 e. The fourth-order valence-corrected chi connectivity index (χ4v) is 8.94. The van der Waals surface area contributed by atoms with Gasteiger partial charge < -0.3 is 4.57 Å². The molecule has 10 aromatic rings. The van der Waals surface area contributed by atoms with E-state index >= 15 is 0 Å². The number of hydrogen-bond donors (Lipinski definition) is 0. The van der Waals surface area contributed by atoms with Crippen molar-refractivity contribution < 1.29 is 0 Å². The molecule has 0 unspecified atom stereocenters. The molecule has 0 bridgehead atoms. The van der Waals surface area contributed by atoms with Crippen LogP contribution in [0.15, 0.2) is 194 Å². The van der Waals surface area contributed by atoms with Crippen LogP contribution in [0.2, 0.25) is 0 Å². The lowest BCUT2D eigenvalue weighted by atomic mass is 9.82. The maximum absolute atomic E-state index is 5.04. The molecule has 0 amide bonds. The minimum atomic E-state index is -0.0816. The van der Waals surface area contributed by atoms with Gasteiger partial charge in [-0.05, 0) is 57.1 Å². The molecule has 1 aliphatic rings. The van der Waals surface area contributed by atoms with Crippen LogP contribution in [-0.2, 0) is 5.41 Å². The summed E-state index contributed by atoms with van der Waals surface area (Å²) in [5.74, 6) is 1.93. The molecule has 58 heavy (non-hydrogen) atoms. The van der Waals surface area contributed by atoms with Crippen LogP contribution in [0.4, 0.5) is 0 Å². The minimum absolute atomic E-state index is 0.0816. The van der Waals surface area contributed by atoms with E-state index < -0.39 is 0 Å². The van der Waals surface area contributed by atoms with Crippen LogP contribution in [0.25, 0.3) is 95.0 Å². The number of nitrogens with zero attached hydrogens (tertiary/aromatic N) is 4. The second-order valence-corrected chi connectivity index (χ2v) is 15.6. The molecule has 4 heteroatoms. The first-order valence-corrected chi connectivity index (χ1v) is 19.9. The zero-order chi connectivity index (χ0) is 38.8. The standard InChI is InChI=1S/C54H38N4/c1-54(2)45-20-11-9-19-44(45)50-46(54)21-13-23-48(50)58-47-22-12-10-18-42(47)43-33-32-41(34-49(43)58)37-26-30-40(31-27-37)53-56-51(38-16-7-4-8-17-38)55-52(57-53)39-28-24-36(25-29-39)35-14-5-3-6-15-35/h3-34H,1-2H3. The van der Waals surface area contributed by atoms with Crippen LogP contribution in [0.5, 0.6) is 0 Å². The Morgan fingerprint density at radius 3 is 1.50 bits per heavy atom. The van der Waals surface area contributed by atoms with Crippen molar-refractivity contribution in [3.63, 3.8) is 0 Å². The normalized spacial score (nSPS) is 12.8. The Kier molecular flexibility index (Phi) is 7.80. The molecule has 0 atom stereocenters. The molecule has 274 valence electrons. The van der Waals surface area contributed by atoms with E-state index in [1.54, 1.807) is 0 Å². The summed E-state index contributed by atoms with van der Waals surface area (Å²) in [6.07, 6.45) is 0. The van der Waals surface area contributed by atoms with Gasteiger partial charge >= 0.3 is 0 Å². The van der Waals surface area contributed by atoms with Crippen LogP contribution in [0.1, 0.15) is 25.0 Å². The van der Waals surface area contributed by atoms with Gasteiger partial charge in [-0.2, -0.15) is 0 Å². The zero-order valence-corrected chi connectivity index (χ0v) is 32.3. The highest BCUT2D eigenvalue weighted by Gasteiger charge is 2.37. The largest absolute Gasteiger partial charge is 0.309 e. The molecule has 0 aliphatic heterocycles. The molecular formula is C54H38N4. The van der Waals surface area contributed by atoms with Crippen LogP contribution >= 0.6 is 0 Å². The average molecular weight is 743 g/mol. The van der Waals surface area contributed by atoms with Crippen molar-refractivity contribution in [2.24, 2.45) is 0 Å². The first-order chi connectivity index (χ1) is 28.5. The van der Waals surface area contributed by atoms with Crippen molar-refractivity contribution >= 4 is 21.8 Å². The molecule has 11 rings (SSSR count). The van der Waals surface area contributed by atoms with Gasteiger partial charge in [0.05, 0.1) is 16.7 Å². The Balaban J connectivity index is 1.01. The van der Waals surface area contributed by atoms with Crippen molar-refractivity contribution in [2.45, 2.75) is 19.3 Å². The molecule has 2 heterocycles. The zero-order valence-electron chi connectivity index (χ0n) is 32.3. The summed E-state index contributed by atoms with van der Waals surface area (Å²) in [6.45, 7) is 4.69. The van der Waals surface area contributed by atoms with E-state index in [-0.39, 0.29) is 5.41 Å². The van der Waals surface area contributed by atoms with Gasteiger partial charge in [-0.1, -0.05) is 190 Å². The summed E-state index contributed by atoms with van der Waals surface area (Å²) >= 11 is 0. The van der Waals surface area contributed by atoms with Crippen LogP contribution in [0.3, 0.4) is 0 Å². The summed E-state index contributed by atoms with van der Waals surface area (Å²) in [7, 11) is 0. The van der Waals surface area contributed by atoms with Gasteiger partial charge in [0.15, 0.2) is 17.5 Å². The van der Waals surface area contributed by atoms with Crippen molar-refractivity contribution in [1.82, 2.24) is 19.5 Å². The fourth-order valence-electron chi connectivity index (χ4n) is 8.94. The number of hydrogen-bond acceptors (Lipinski definition) is 3. The SMILES string of the molecule is CC1(C)c2ccccc2-c2c(-n3c4ccccc4c4ccc(-c5ccc(-c6nc(-c7ccccc7)nc(-c7ccc(-c8ccccc8)cc7)n6)cc5)cc43)cccc21. The summed E-state index contributed by atoms with van der Waals surface area (Å²) < 4.78 is 2.48. The highest BCUT2D eigenvalue weighted by atomic mass is 15.0. The van der Waals surface area contributed by atoms with E-state index in [9.17, 15) is 0 Å². The first kappa shape index (κ1) is 33.9. The Morgan fingerprint density at radius 1 is 0.362 bits per heavy atom. The van der Waals surface area contributed by atoms with Gasteiger partial charge in [0.2, 0.25) is 0 Å². The van der Waals surface area contributed by atoms with E-state index in [4.69, 9.17) is 15.0 Å². The quantitative estimate of drug-likeness (QED) is 0.170. The molecule has 0 spiro atoms. The summed E-state index contributed by atoms with van der Waals surface area (Å²) in [5.41, 5.74) is 16.3. The molecule has 8 aromatic carbocycles. The van der Waals surface area contributed by atoms with Gasteiger partial charge in [0.1, 0.15) is 0 Å². The van der Waals surface area contributed by atoms with Crippen LogP contribution in [-0.4, -0.2) is 19.5 Å². The van der Waals surface area contributed by atoms with E-state index in [2.05, 4.69) is 176 Å². The smallest absolute Gasteiger partial charge is 0.164 e. The second-order valence-electron chi connectivity index (χ2n) is 15.6. The highest BCUT2D eigenvalue weighted by molar-refractivity contribution is 6.11. The van der Waals surface area contributed by atoms with Crippen molar-refractivity contribution in [3.8, 4) is 73.2 Å². The molecule has 0 saturated heterocycles. The topological polar surface area (TPSA) is 43.6 Å². The van der Waals surface area contributed by atoms with E-state index in [1.807, 2.05) is 36.4 Å². The molecule has 0 radical (unpaired) electrons. The molecule has 0 fully saturated rings. The van der Waals surface area contributed by atoms with Crippen molar-refractivity contribution in [3.05, 3.63) is 205 Å². The molecule has 0 saturated carbocycles. The molecular weight excluding hydrogens is 705 g/mol. The van der Waals surface area contributed by atoms with E-state index in [1.165, 1.54) is 55.3 Å². The lowest BCUT2D eigenvalue weighted by Gasteiger charge is -2.22. The van der Waals surface area contributed by atoms with Gasteiger partial charge in [-0.15, -0.1) is 0 Å². The predicted molar refractivity (Wildman–Crippen MR) is 239 cm³/mol. The van der Waals surface area contributed by atoms with Crippen LogP contribution in [0, 0.1) is 0 Å². The lowest BCUT2D eigenvalue weighted by molar-refractivity contribution is 0.660. The first-order valence-electron chi connectivity index (χ1n) is 19.9. The summed E-state index contributed by atoms with van der Waals surface area (Å²) in [4.78, 5) is 15.0. The maximum atomic E-state index is 5.04. The number of benzene rings is 8. The van der Waals surface area contributed by atoms with Gasteiger partial charge in [0, 0.05) is 38.4 Å². The third kappa shape index (κ3) is 5.48. The van der Waals surface area contributed by atoms with E-state index in [0.29, 0.717) is 17.5 Å². The fraction of sp³-hybridized carbons (Fsp3) is 0.0556. The Bertz CT molecular complexity index is 3160. The number of fused-ring (bicyclic) bond motifs is 6. The lowest BCUT2D eigenvalue weighted by Crippen LogP contribution is -2.14. The van der Waals surface area contributed by atoms with Gasteiger partial charge in [-0.3, -0.25) is 0 Å². The summed E-state index contributed by atoms with van der Waals surface area (Å²) in [5, 5.41) is 2.49. The molecule has 4 nitrogen and oxygen atoms in total. The molecule has 0 N–H and O–H groups in total. The monoisotopic (exact) mass is 742 g/mol. The number of para-hydroxylation sites is 1. The Hall–Kier alpha value is -7.43. The van der Waals surface area contributed by atoms with Crippen molar-refractivity contribution in [1.29, 1.82) is 0 Å². The third-order valence-corrected chi connectivity index (χ3v) is 11.9. The highest BCUT2D eigenvalue weighted by Crippen LogP contribution is 2.51. The van der Waals surface area contributed by atoms with Gasteiger partial charge in [-0.25, -0.2) is 15.0 Å². The minimum Gasteiger partial charge on any atom is -0.309 e.